The van der Waals surface area contributed by atoms with Gasteiger partial charge in [-0.3, -0.25) is 0 Å². The molecule has 0 aliphatic heterocycles. The molecule has 78 valence electrons. The quantitative estimate of drug-likeness (QED) is 0.811. The maximum atomic E-state index is 10.3. The van der Waals surface area contributed by atoms with Crippen LogP contribution in [0.3, 0.4) is 0 Å². The largest absolute Gasteiger partial charge is 0.385 e. The van der Waals surface area contributed by atoms with Gasteiger partial charge in [0, 0.05) is 5.02 Å². The Hall–Kier alpha value is -0.530. The van der Waals surface area contributed by atoms with E-state index in [1.807, 2.05) is 39.0 Å². The van der Waals surface area contributed by atoms with Gasteiger partial charge in [-0.15, -0.1) is 0 Å². The van der Waals surface area contributed by atoms with Crippen LogP contribution in [0.25, 0.3) is 0 Å². The Morgan fingerprint density at radius 2 is 1.86 bits per heavy atom. The molecule has 0 spiro atoms. The summed E-state index contributed by atoms with van der Waals surface area (Å²) in [6.07, 6.45) is 1.43. The first-order chi connectivity index (χ1) is 6.53. The van der Waals surface area contributed by atoms with E-state index in [9.17, 15) is 5.11 Å². The predicted molar refractivity (Wildman–Crippen MR) is 60.7 cm³/mol. The second-order valence-electron chi connectivity index (χ2n) is 3.70. The molecule has 1 nitrogen and oxygen atoms in total. The van der Waals surface area contributed by atoms with E-state index in [-0.39, 0.29) is 0 Å². The van der Waals surface area contributed by atoms with Crippen LogP contribution >= 0.6 is 11.6 Å². The van der Waals surface area contributed by atoms with Crippen LogP contribution in [-0.2, 0) is 5.60 Å². The summed E-state index contributed by atoms with van der Waals surface area (Å²) in [5.41, 5.74) is 1.32. The summed E-state index contributed by atoms with van der Waals surface area (Å²) in [6.45, 7) is 5.98. The van der Waals surface area contributed by atoms with Crippen molar-refractivity contribution >= 4 is 11.6 Å². The van der Waals surface area contributed by atoms with Gasteiger partial charge in [0.05, 0.1) is 5.60 Å². The lowest BCUT2D eigenvalue weighted by atomic mass is 9.86. The second kappa shape index (κ2) is 4.33. The number of aliphatic hydroxyl groups is 1. The molecule has 0 radical (unpaired) electrons. The Morgan fingerprint density at radius 1 is 1.29 bits per heavy atom. The molecule has 0 aromatic heterocycles. The van der Waals surface area contributed by atoms with E-state index in [0.29, 0.717) is 17.9 Å². The summed E-state index contributed by atoms with van der Waals surface area (Å²) >= 11 is 5.93. The Kier molecular flexibility index (Phi) is 3.57. The van der Waals surface area contributed by atoms with Gasteiger partial charge < -0.3 is 5.11 Å². The van der Waals surface area contributed by atoms with E-state index in [4.69, 9.17) is 11.6 Å². The Balaban J connectivity index is 3.22. The highest BCUT2D eigenvalue weighted by Gasteiger charge is 2.26. The SMILES string of the molecule is CCC(O)(CC)c1cc(Cl)ccc1C. The van der Waals surface area contributed by atoms with Crippen LogP contribution in [0, 0.1) is 6.92 Å². The first-order valence-corrected chi connectivity index (χ1v) is 5.40. The molecule has 0 atom stereocenters. The number of hydrogen-bond acceptors (Lipinski definition) is 1. The van der Waals surface area contributed by atoms with Gasteiger partial charge in [0.2, 0.25) is 0 Å². The summed E-state index contributed by atoms with van der Waals surface area (Å²) in [4.78, 5) is 0. The third kappa shape index (κ3) is 2.10. The third-order valence-electron chi connectivity index (χ3n) is 2.87. The monoisotopic (exact) mass is 212 g/mol. The zero-order chi connectivity index (χ0) is 10.8. The van der Waals surface area contributed by atoms with Crippen LogP contribution in [0.4, 0.5) is 0 Å². The predicted octanol–water partition coefficient (Wildman–Crippen LogP) is 3.66. The van der Waals surface area contributed by atoms with Crippen molar-refractivity contribution in [3.05, 3.63) is 34.3 Å². The number of benzene rings is 1. The topological polar surface area (TPSA) is 20.2 Å². The lowest BCUT2D eigenvalue weighted by Gasteiger charge is -2.27. The Morgan fingerprint density at radius 3 is 2.36 bits per heavy atom. The molecule has 1 rings (SSSR count). The molecule has 0 saturated carbocycles. The fourth-order valence-corrected chi connectivity index (χ4v) is 1.90. The summed E-state index contributed by atoms with van der Waals surface area (Å²) in [6, 6.07) is 5.67. The van der Waals surface area contributed by atoms with Crippen molar-refractivity contribution in [3.8, 4) is 0 Å². The highest BCUT2D eigenvalue weighted by atomic mass is 35.5. The molecule has 1 N–H and O–H groups in total. The van der Waals surface area contributed by atoms with Crippen molar-refractivity contribution < 1.29 is 5.11 Å². The molecule has 1 aromatic carbocycles. The minimum absolute atomic E-state index is 0.686. The fourth-order valence-electron chi connectivity index (χ4n) is 1.73. The molecule has 0 amide bonds. The van der Waals surface area contributed by atoms with E-state index in [2.05, 4.69) is 0 Å². The van der Waals surface area contributed by atoms with E-state index in [1.54, 1.807) is 0 Å². The molecular weight excluding hydrogens is 196 g/mol. The molecule has 0 heterocycles. The van der Waals surface area contributed by atoms with Crippen LogP contribution in [0.15, 0.2) is 18.2 Å². The fraction of sp³-hybridized carbons (Fsp3) is 0.500. The van der Waals surface area contributed by atoms with Crippen LogP contribution in [-0.4, -0.2) is 5.11 Å². The number of halogens is 1. The lowest BCUT2D eigenvalue weighted by molar-refractivity contribution is 0.0278. The van der Waals surface area contributed by atoms with Gasteiger partial charge in [-0.05, 0) is 43.0 Å². The van der Waals surface area contributed by atoms with Crippen LogP contribution in [0.1, 0.15) is 37.8 Å². The van der Waals surface area contributed by atoms with Gasteiger partial charge in [0.1, 0.15) is 0 Å². The lowest BCUT2D eigenvalue weighted by Crippen LogP contribution is -2.24. The van der Waals surface area contributed by atoms with Crippen LogP contribution in [0.2, 0.25) is 5.02 Å². The molecule has 0 aliphatic carbocycles. The molecule has 0 fully saturated rings. The Bertz CT molecular complexity index is 316. The van der Waals surface area contributed by atoms with Crippen molar-refractivity contribution in [2.45, 2.75) is 39.2 Å². The smallest absolute Gasteiger partial charge is 0.0894 e. The number of hydrogen-bond donors (Lipinski definition) is 1. The highest BCUT2D eigenvalue weighted by Crippen LogP contribution is 2.32. The second-order valence-corrected chi connectivity index (χ2v) is 4.13. The zero-order valence-electron chi connectivity index (χ0n) is 8.97. The van der Waals surface area contributed by atoms with Gasteiger partial charge in [-0.1, -0.05) is 31.5 Å². The van der Waals surface area contributed by atoms with Crippen molar-refractivity contribution in [2.24, 2.45) is 0 Å². The first-order valence-electron chi connectivity index (χ1n) is 5.02. The summed E-state index contributed by atoms with van der Waals surface area (Å²) < 4.78 is 0. The molecule has 1 aromatic rings. The Labute approximate surface area is 90.7 Å². The first kappa shape index (κ1) is 11.5. The van der Waals surface area contributed by atoms with Crippen LogP contribution < -0.4 is 0 Å². The normalized spacial score (nSPS) is 11.8. The minimum Gasteiger partial charge on any atom is -0.385 e. The van der Waals surface area contributed by atoms with Gasteiger partial charge in [-0.2, -0.15) is 0 Å². The highest BCUT2D eigenvalue weighted by molar-refractivity contribution is 6.30. The molecular formula is C12H17ClO. The van der Waals surface area contributed by atoms with E-state index in [0.717, 1.165) is 11.1 Å². The third-order valence-corrected chi connectivity index (χ3v) is 3.11. The molecule has 0 aliphatic rings. The maximum Gasteiger partial charge on any atom is 0.0894 e. The van der Waals surface area contributed by atoms with Gasteiger partial charge in [-0.25, -0.2) is 0 Å². The van der Waals surface area contributed by atoms with Crippen LogP contribution in [0.5, 0.6) is 0 Å². The zero-order valence-corrected chi connectivity index (χ0v) is 9.73. The standard InChI is InChI=1S/C12H17ClO/c1-4-12(14,5-2)11-8-10(13)7-6-9(11)3/h6-8,14H,4-5H2,1-3H3. The summed E-state index contributed by atoms with van der Waals surface area (Å²) in [5, 5.41) is 11.0. The molecule has 14 heavy (non-hydrogen) atoms. The molecule has 0 unspecified atom stereocenters. The number of aryl methyl sites for hydroxylation is 1. The van der Waals surface area contributed by atoms with Gasteiger partial charge >= 0.3 is 0 Å². The van der Waals surface area contributed by atoms with Crippen molar-refractivity contribution in [1.82, 2.24) is 0 Å². The van der Waals surface area contributed by atoms with E-state index < -0.39 is 5.60 Å². The summed E-state index contributed by atoms with van der Waals surface area (Å²) in [5.74, 6) is 0. The average molecular weight is 213 g/mol. The average Bonchev–Trinajstić information content (AvgIpc) is 2.20. The molecule has 0 bridgehead atoms. The maximum absolute atomic E-state index is 10.3. The van der Waals surface area contributed by atoms with Crippen molar-refractivity contribution in [2.75, 3.05) is 0 Å². The van der Waals surface area contributed by atoms with Crippen molar-refractivity contribution in [1.29, 1.82) is 0 Å². The number of rotatable bonds is 3. The molecule has 0 saturated heterocycles. The van der Waals surface area contributed by atoms with Gasteiger partial charge in [0.15, 0.2) is 0 Å². The minimum atomic E-state index is -0.727. The summed E-state index contributed by atoms with van der Waals surface area (Å²) in [7, 11) is 0. The van der Waals surface area contributed by atoms with Gasteiger partial charge in [0.25, 0.3) is 0 Å². The molecule has 2 heteroatoms. The van der Waals surface area contributed by atoms with E-state index in [1.165, 1.54) is 0 Å². The van der Waals surface area contributed by atoms with Crippen molar-refractivity contribution in [3.63, 3.8) is 0 Å². The van der Waals surface area contributed by atoms with E-state index >= 15 is 0 Å².